The van der Waals surface area contributed by atoms with Crippen molar-refractivity contribution in [2.75, 3.05) is 44.9 Å². The fraction of sp³-hybridized carbons (Fsp3) is 0.294. The van der Waals surface area contributed by atoms with E-state index in [-0.39, 0.29) is 11.6 Å². The summed E-state index contributed by atoms with van der Waals surface area (Å²) in [6, 6.07) is 6.37. The summed E-state index contributed by atoms with van der Waals surface area (Å²) in [5.74, 6) is -0.699. The van der Waals surface area contributed by atoms with Gasteiger partial charge in [-0.3, -0.25) is 20.2 Å². The minimum Gasteiger partial charge on any atom is -0.453 e. The predicted molar refractivity (Wildman–Crippen MR) is 103 cm³/mol. The molecule has 0 atom stereocenters. The number of methoxy groups -OCH3 is 1. The second-order valence-corrected chi connectivity index (χ2v) is 6.61. The molecule has 0 aliphatic rings. The maximum Gasteiger partial charge on any atom is 0.411 e. The number of nitrogens with one attached hydrogen (secondary N) is 3. The minimum atomic E-state index is -0.627. The van der Waals surface area contributed by atoms with E-state index in [1.54, 1.807) is 23.6 Å². The maximum absolute atomic E-state index is 12.4. The van der Waals surface area contributed by atoms with E-state index >= 15 is 0 Å². The predicted octanol–water partition coefficient (Wildman–Crippen LogP) is 1.87. The highest BCUT2D eigenvalue weighted by Crippen LogP contribution is 2.18. The summed E-state index contributed by atoms with van der Waals surface area (Å²) in [5.41, 5.74) is 1.00. The highest BCUT2D eigenvalue weighted by Gasteiger charge is 2.14. The molecule has 27 heavy (non-hydrogen) atoms. The lowest BCUT2D eigenvalue weighted by atomic mass is 10.2. The maximum atomic E-state index is 12.4. The molecule has 1 heterocycles. The third-order valence-electron chi connectivity index (χ3n) is 3.36. The number of likely N-dealkylation sites (N-methyl/N-ethyl adjacent to an activating group) is 1. The Morgan fingerprint density at radius 3 is 2.67 bits per heavy atom. The van der Waals surface area contributed by atoms with E-state index in [0.717, 1.165) is 17.9 Å². The van der Waals surface area contributed by atoms with Crippen LogP contribution >= 0.6 is 11.3 Å². The van der Waals surface area contributed by atoms with Crippen LogP contribution in [0.25, 0.3) is 0 Å². The Morgan fingerprint density at radius 2 is 1.96 bits per heavy atom. The number of benzene rings is 1. The molecule has 2 aromatic rings. The molecule has 0 radical (unpaired) electrons. The summed E-state index contributed by atoms with van der Waals surface area (Å²) in [6.07, 6.45) is -0.627. The van der Waals surface area contributed by atoms with Gasteiger partial charge in [0, 0.05) is 29.7 Å². The zero-order chi connectivity index (χ0) is 19.8. The molecule has 0 unspecified atom stereocenters. The third kappa shape index (κ3) is 6.35. The molecule has 3 N–H and O–H groups in total. The third-order valence-corrected chi connectivity index (χ3v) is 4.12. The van der Waals surface area contributed by atoms with E-state index in [2.05, 4.69) is 25.7 Å². The fourth-order valence-corrected chi connectivity index (χ4v) is 2.68. The summed E-state index contributed by atoms with van der Waals surface area (Å²) >= 11 is 1.16. The van der Waals surface area contributed by atoms with Crippen molar-refractivity contribution in [2.24, 2.45) is 0 Å². The summed E-state index contributed by atoms with van der Waals surface area (Å²) in [5, 5.41) is 9.77. The summed E-state index contributed by atoms with van der Waals surface area (Å²) in [4.78, 5) is 41.7. The van der Waals surface area contributed by atoms with E-state index in [4.69, 9.17) is 0 Å². The lowest BCUT2D eigenvalue weighted by Gasteiger charge is -2.09. The van der Waals surface area contributed by atoms with Crippen LogP contribution in [0.2, 0.25) is 0 Å². The first-order valence-electron chi connectivity index (χ1n) is 8.04. The molecule has 10 heteroatoms. The molecular weight excluding hydrogens is 370 g/mol. The molecule has 0 aliphatic carbocycles. The van der Waals surface area contributed by atoms with Crippen LogP contribution in [0.3, 0.4) is 0 Å². The van der Waals surface area contributed by atoms with Crippen LogP contribution in [0.1, 0.15) is 20.8 Å². The molecule has 1 aromatic carbocycles. The lowest BCUT2D eigenvalue weighted by Crippen LogP contribution is -2.31. The van der Waals surface area contributed by atoms with Gasteiger partial charge in [-0.2, -0.15) is 0 Å². The van der Waals surface area contributed by atoms with E-state index < -0.39 is 12.0 Å². The van der Waals surface area contributed by atoms with E-state index in [0.29, 0.717) is 22.9 Å². The summed E-state index contributed by atoms with van der Waals surface area (Å²) in [7, 11) is 5.08. The van der Waals surface area contributed by atoms with Gasteiger partial charge in [-0.25, -0.2) is 9.78 Å². The number of amides is 3. The standard InChI is InChI=1S/C17H21N5O4S/c1-22(2)8-7-18-15(24)13-10-27-16(20-13)21-14(23)11-5-4-6-12(9-11)19-17(25)26-3/h4-6,9-10H,7-8H2,1-3H3,(H,18,24)(H,19,25)(H,20,21,23). The number of aromatic nitrogens is 1. The summed E-state index contributed by atoms with van der Waals surface area (Å²) < 4.78 is 4.52. The Labute approximate surface area is 160 Å². The van der Waals surface area contributed by atoms with Crippen LogP contribution in [0.4, 0.5) is 15.6 Å². The molecular formula is C17H21N5O4S. The molecule has 0 spiro atoms. The molecule has 0 saturated carbocycles. The van der Waals surface area contributed by atoms with Gasteiger partial charge in [-0.15, -0.1) is 11.3 Å². The van der Waals surface area contributed by atoms with Gasteiger partial charge in [-0.05, 0) is 32.3 Å². The number of nitrogens with zero attached hydrogens (tertiary/aromatic N) is 2. The Bertz CT molecular complexity index is 821. The van der Waals surface area contributed by atoms with Crippen molar-refractivity contribution in [1.82, 2.24) is 15.2 Å². The van der Waals surface area contributed by atoms with E-state index in [1.165, 1.54) is 13.2 Å². The second kappa shape index (κ2) is 9.64. The monoisotopic (exact) mass is 391 g/mol. The molecule has 1 aromatic heterocycles. The van der Waals surface area contributed by atoms with Crippen molar-refractivity contribution in [1.29, 1.82) is 0 Å². The first-order valence-corrected chi connectivity index (χ1v) is 8.92. The smallest absolute Gasteiger partial charge is 0.411 e. The average Bonchev–Trinajstić information content (AvgIpc) is 3.10. The Balaban J connectivity index is 1.96. The van der Waals surface area contributed by atoms with Gasteiger partial charge >= 0.3 is 6.09 Å². The number of hydrogen-bond acceptors (Lipinski definition) is 7. The van der Waals surface area contributed by atoms with E-state index in [1.807, 2.05) is 19.0 Å². The van der Waals surface area contributed by atoms with Gasteiger partial charge in [0.05, 0.1) is 7.11 Å². The fourth-order valence-electron chi connectivity index (χ4n) is 2.00. The van der Waals surface area contributed by atoms with Gasteiger partial charge < -0.3 is 15.0 Å². The first kappa shape index (κ1) is 20.3. The molecule has 0 fully saturated rings. The summed E-state index contributed by atoms with van der Waals surface area (Å²) in [6.45, 7) is 1.22. The van der Waals surface area contributed by atoms with Gasteiger partial charge in [-0.1, -0.05) is 6.07 Å². The molecule has 2 rings (SSSR count). The lowest BCUT2D eigenvalue weighted by molar-refractivity contribution is 0.0945. The van der Waals surface area contributed by atoms with Crippen LogP contribution in [-0.2, 0) is 4.74 Å². The van der Waals surface area contributed by atoms with Gasteiger partial charge in [0.2, 0.25) is 0 Å². The van der Waals surface area contributed by atoms with E-state index in [9.17, 15) is 14.4 Å². The normalized spacial score (nSPS) is 10.4. The molecule has 0 bridgehead atoms. The van der Waals surface area contributed by atoms with Crippen molar-refractivity contribution >= 4 is 40.1 Å². The van der Waals surface area contributed by atoms with Crippen molar-refractivity contribution < 1.29 is 19.1 Å². The van der Waals surface area contributed by atoms with Crippen LogP contribution in [0.15, 0.2) is 29.6 Å². The van der Waals surface area contributed by atoms with Crippen molar-refractivity contribution in [3.8, 4) is 0 Å². The molecule has 3 amide bonds. The van der Waals surface area contributed by atoms with Gasteiger partial charge in [0.1, 0.15) is 5.69 Å². The average molecular weight is 391 g/mol. The second-order valence-electron chi connectivity index (χ2n) is 5.75. The Hall–Kier alpha value is -2.98. The van der Waals surface area contributed by atoms with Gasteiger partial charge in [0.25, 0.3) is 11.8 Å². The van der Waals surface area contributed by atoms with Crippen LogP contribution < -0.4 is 16.0 Å². The van der Waals surface area contributed by atoms with Crippen LogP contribution in [-0.4, -0.2) is 62.1 Å². The highest BCUT2D eigenvalue weighted by atomic mass is 32.1. The minimum absolute atomic E-state index is 0.246. The topological polar surface area (TPSA) is 113 Å². The number of hydrogen-bond donors (Lipinski definition) is 3. The zero-order valence-electron chi connectivity index (χ0n) is 15.2. The number of carbonyl (C=O) groups is 3. The van der Waals surface area contributed by atoms with Crippen molar-refractivity contribution in [2.45, 2.75) is 0 Å². The van der Waals surface area contributed by atoms with Crippen LogP contribution in [0, 0.1) is 0 Å². The van der Waals surface area contributed by atoms with Crippen molar-refractivity contribution in [3.63, 3.8) is 0 Å². The number of thiazole rings is 1. The number of rotatable bonds is 7. The molecule has 0 saturated heterocycles. The molecule has 9 nitrogen and oxygen atoms in total. The molecule has 144 valence electrons. The van der Waals surface area contributed by atoms with Crippen LogP contribution in [0.5, 0.6) is 0 Å². The van der Waals surface area contributed by atoms with Gasteiger partial charge in [0.15, 0.2) is 5.13 Å². The number of anilines is 2. The zero-order valence-corrected chi connectivity index (χ0v) is 16.1. The number of ether oxygens (including phenoxy) is 1. The Morgan fingerprint density at radius 1 is 1.19 bits per heavy atom. The molecule has 0 aliphatic heterocycles. The largest absolute Gasteiger partial charge is 0.453 e. The quantitative estimate of drug-likeness (QED) is 0.664. The van der Waals surface area contributed by atoms with Crippen molar-refractivity contribution in [3.05, 3.63) is 40.9 Å². The highest BCUT2D eigenvalue weighted by molar-refractivity contribution is 7.14. The Kier molecular flexibility index (Phi) is 7.26. The number of carbonyl (C=O) groups excluding carboxylic acids is 3. The SMILES string of the molecule is COC(=O)Nc1cccc(C(=O)Nc2nc(C(=O)NCCN(C)C)cs2)c1. The first-order chi connectivity index (χ1) is 12.9.